The van der Waals surface area contributed by atoms with Gasteiger partial charge in [-0.25, -0.2) is 19.0 Å². The number of anilines is 1. The number of urea groups is 1. The Morgan fingerprint density at radius 1 is 1.43 bits per heavy atom. The third kappa shape index (κ3) is 4.23. The summed E-state index contributed by atoms with van der Waals surface area (Å²) in [7, 11) is 0. The highest BCUT2D eigenvalue weighted by molar-refractivity contribution is 9.10. The van der Waals surface area contributed by atoms with Crippen molar-refractivity contribution in [2.24, 2.45) is 0 Å². The molecule has 2 rings (SSSR count). The molecule has 0 aliphatic carbocycles. The monoisotopic (exact) mass is 373 g/mol. The van der Waals surface area contributed by atoms with E-state index in [4.69, 9.17) is 5.11 Å². The SMILES string of the molecule is O=C(NCc1nc(C(=O)O)cs1)Nc1ccc(F)cc1Br. The predicted molar refractivity (Wildman–Crippen MR) is 79.0 cm³/mol. The topological polar surface area (TPSA) is 91.3 Å². The van der Waals surface area contributed by atoms with Gasteiger partial charge in [-0.1, -0.05) is 0 Å². The van der Waals surface area contributed by atoms with Crippen molar-refractivity contribution in [2.75, 3.05) is 5.32 Å². The summed E-state index contributed by atoms with van der Waals surface area (Å²) in [6.45, 7) is 0.0998. The fraction of sp³-hybridized carbons (Fsp3) is 0.0833. The summed E-state index contributed by atoms with van der Waals surface area (Å²) in [5, 5.41) is 15.7. The number of aromatic nitrogens is 1. The second kappa shape index (κ2) is 6.64. The molecule has 3 N–H and O–H groups in total. The number of hydrogen-bond donors (Lipinski definition) is 3. The molecule has 0 fully saturated rings. The molecule has 2 aromatic rings. The average molecular weight is 374 g/mol. The molecule has 0 spiro atoms. The Kier molecular flexibility index (Phi) is 4.86. The van der Waals surface area contributed by atoms with Gasteiger partial charge in [0.25, 0.3) is 0 Å². The Morgan fingerprint density at radius 3 is 2.81 bits per heavy atom. The normalized spacial score (nSPS) is 10.2. The third-order valence-electron chi connectivity index (χ3n) is 2.35. The molecule has 1 aromatic carbocycles. The molecule has 0 aliphatic rings. The molecule has 110 valence electrons. The summed E-state index contributed by atoms with van der Waals surface area (Å²) < 4.78 is 13.3. The van der Waals surface area contributed by atoms with E-state index in [0.717, 1.165) is 11.3 Å². The fourth-order valence-electron chi connectivity index (χ4n) is 1.40. The van der Waals surface area contributed by atoms with Gasteiger partial charge < -0.3 is 15.7 Å². The number of rotatable bonds is 4. The molecule has 1 aromatic heterocycles. The zero-order chi connectivity index (χ0) is 15.4. The lowest BCUT2D eigenvalue weighted by molar-refractivity contribution is 0.0691. The first kappa shape index (κ1) is 15.4. The maximum absolute atomic E-state index is 12.9. The van der Waals surface area contributed by atoms with Gasteiger partial charge >= 0.3 is 12.0 Å². The number of carbonyl (C=O) groups is 2. The first-order chi connectivity index (χ1) is 9.95. The van der Waals surface area contributed by atoms with Crippen molar-refractivity contribution in [3.05, 3.63) is 44.6 Å². The summed E-state index contributed by atoms with van der Waals surface area (Å²) in [4.78, 5) is 26.2. The molecule has 0 bridgehead atoms. The van der Waals surface area contributed by atoms with E-state index in [1.807, 2.05) is 0 Å². The summed E-state index contributed by atoms with van der Waals surface area (Å²) in [5.41, 5.74) is 0.359. The van der Waals surface area contributed by atoms with Crippen molar-refractivity contribution in [1.29, 1.82) is 0 Å². The minimum Gasteiger partial charge on any atom is -0.476 e. The zero-order valence-electron chi connectivity index (χ0n) is 10.4. The van der Waals surface area contributed by atoms with Crippen LogP contribution in [0.3, 0.4) is 0 Å². The van der Waals surface area contributed by atoms with Crippen LogP contribution in [0.25, 0.3) is 0 Å². The minimum atomic E-state index is -1.11. The van der Waals surface area contributed by atoms with Crippen LogP contribution in [0.5, 0.6) is 0 Å². The summed E-state index contributed by atoms with van der Waals surface area (Å²) in [6, 6.07) is 3.37. The highest BCUT2D eigenvalue weighted by Gasteiger charge is 2.10. The number of amides is 2. The van der Waals surface area contributed by atoms with Crippen LogP contribution in [0.2, 0.25) is 0 Å². The Bertz CT molecular complexity index is 692. The van der Waals surface area contributed by atoms with Crippen LogP contribution in [0.1, 0.15) is 15.5 Å². The smallest absolute Gasteiger partial charge is 0.355 e. The molecule has 0 saturated carbocycles. The quantitative estimate of drug-likeness (QED) is 0.767. The van der Waals surface area contributed by atoms with Crippen molar-refractivity contribution >= 4 is 45.0 Å². The molecule has 0 saturated heterocycles. The molecule has 21 heavy (non-hydrogen) atoms. The van der Waals surface area contributed by atoms with Crippen LogP contribution in [-0.4, -0.2) is 22.1 Å². The van der Waals surface area contributed by atoms with Crippen LogP contribution in [0.15, 0.2) is 28.1 Å². The number of hydrogen-bond acceptors (Lipinski definition) is 4. The highest BCUT2D eigenvalue weighted by Crippen LogP contribution is 2.22. The molecule has 1 heterocycles. The van der Waals surface area contributed by atoms with E-state index in [1.54, 1.807) is 0 Å². The van der Waals surface area contributed by atoms with Gasteiger partial charge in [0.05, 0.1) is 12.2 Å². The summed E-state index contributed by atoms with van der Waals surface area (Å²) in [6.07, 6.45) is 0. The number of benzene rings is 1. The average Bonchev–Trinajstić information content (AvgIpc) is 2.89. The van der Waals surface area contributed by atoms with Gasteiger partial charge in [0.15, 0.2) is 5.69 Å². The molecular weight excluding hydrogens is 365 g/mol. The molecule has 0 atom stereocenters. The molecule has 0 unspecified atom stereocenters. The van der Waals surface area contributed by atoms with Crippen LogP contribution < -0.4 is 10.6 Å². The van der Waals surface area contributed by atoms with Crippen molar-refractivity contribution in [2.45, 2.75) is 6.54 Å². The number of carboxylic acids is 1. The Balaban J connectivity index is 1.91. The Labute approximate surface area is 131 Å². The van der Waals surface area contributed by atoms with E-state index >= 15 is 0 Å². The molecule has 2 amide bonds. The number of carbonyl (C=O) groups excluding carboxylic acids is 1. The van der Waals surface area contributed by atoms with E-state index in [9.17, 15) is 14.0 Å². The number of nitrogens with one attached hydrogen (secondary N) is 2. The third-order valence-corrected chi connectivity index (χ3v) is 3.86. The van der Waals surface area contributed by atoms with Crippen molar-refractivity contribution in [1.82, 2.24) is 10.3 Å². The first-order valence-corrected chi connectivity index (χ1v) is 7.30. The highest BCUT2D eigenvalue weighted by atomic mass is 79.9. The van der Waals surface area contributed by atoms with Gasteiger partial charge in [0.1, 0.15) is 10.8 Å². The first-order valence-electron chi connectivity index (χ1n) is 5.63. The van der Waals surface area contributed by atoms with E-state index in [1.165, 1.54) is 23.6 Å². The van der Waals surface area contributed by atoms with Gasteiger partial charge in [-0.3, -0.25) is 0 Å². The van der Waals surface area contributed by atoms with Gasteiger partial charge in [-0.05, 0) is 34.1 Å². The largest absolute Gasteiger partial charge is 0.476 e. The number of aromatic carboxylic acids is 1. The van der Waals surface area contributed by atoms with Crippen LogP contribution in [-0.2, 0) is 6.54 Å². The number of carboxylic acid groups (broad SMARTS) is 1. The van der Waals surface area contributed by atoms with Crippen LogP contribution in [0.4, 0.5) is 14.9 Å². The van der Waals surface area contributed by atoms with Crippen molar-refractivity contribution in [3.8, 4) is 0 Å². The maximum Gasteiger partial charge on any atom is 0.355 e. The predicted octanol–water partition coefficient (Wildman–Crippen LogP) is 3.06. The van der Waals surface area contributed by atoms with Gasteiger partial charge in [0, 0.05) is 9.85 Å². The lowest BCUT2D eigenvalue weighted by Gasteiger charge is -2.08. The Hall–Kier alpha value is -2.00. The molecule has 9 heteroatoms. The molecule has 0 aliphatic heterocycles. The summed E-state index contributed by atoms with van der Waals surface area (Å²) in [5.74, 6) is -1.53. The van der Waals surface area contributed by atoms with E-state index in [-0.39, 0.29) is 12.2 Å². The van der Waals surface area contributed by atoms with Crippen molar-refractivity contribution in [3.63, 3.8) is 0 Å². The maximum atomic E-state index is 12.9. The van der Waals surface area contributed by atoms with Crippen molar-refractivity contribution < 1.29 is 19.1 Å². The fourth-order valence-corrected chi connectivity index (χ4v) is 2.56. The zero-order valence-corrected chi connectivity index (χ0v) is 12.8. The van der Waals surface area contributed by atoms with Gasteiger partial charge in [0.2, 0.25) is 0 Å². The van der Waals surface area contributed by atoms with Crippen LogP contribution in [0, 0.1) is 5.82 Å². The van der Waals surface area contributed by atoms with Gasteiger partial charge in [-0.2, -0.15) is 0 Å². The van der Waals surface area contributed by atoms with E-state index in [0.29, 0.717) is 15.2 Å². The number of halogens is 2. The number of thiazole rings is 1. The Morgan fingerprint density at radius 2 is 2.19 bits per heavy atom. The van der Waals surface area contributed by atoms with Crippen LogP contribution >= 0.6 is 27.3 Å². The second-order valence-electron chi connectivity index (χ2n) is 3.86. The molecule has 6 nitrogen and oxygen atoms in total. The number of nitrogens with zero attached hydrogens (tertiary/aromatic N) is 1. The van der Waals surface area contributed by atoms with E-state index < -0.39 is 17.8 Å². The lowest BCUT2D eigenvalue weighted by atomic mass is 10.3. The van der Waals surface area contributed by atoms with Gasteiger partial charge in [-0.15, -0.1) is 11.3 Å². The minimum absolute atomic E-state index is 0.0570. The van der Waals surface area contributed by atoms with E-state index in [2.05, 4.69) is 31.5 Å². The summed E-state index contributed by atoms with van der Waals surface area (Å²) >= 11 is 4.27. The second-order valence-corrected chi connectivity index (χ2v) is 5.66. The lowest BCUT2D eigenvalue weighted by Crippen LogP contribution is -2.28. The molecule has 0 radical (unpaired) electrons. The standard InChI is InChI=1S/C12H9BrFN3O3S/c13-7-3-6(14)1-2-8(7)17-12(20)15-4-10-16-9(5-21-10)11(18)19/h1-3,5H,4H2,(H,18,19)(H2,15,17,20). The molecular formula is C12H9BrFN3O3S.